The van der Waals surface area contributed by atoms with Gasteiger partial charge in [-0.15, -0.1) is 0 Å². The highest BCUT2D eigenvalue weighted by Gasteiger charge is 1.99. The maximum Gasteiger partial charge on any atom is 0.311 e. The van der Waals surface area contributed by atoms with Gasteiger partial charge in [0.2, 0.25) is 0 Å². The molecule has 2 aromatic rings. The first-order valence-corrected chi connectivity index (χ1v) is 6.11. The fraction of sp³-hybridized carbons (Fsp3) is 0.133. The van der Waals surface area contributed by atoms with Crippen LogP contribution in [0, 0.1) is 6.07 Å². The van der Waals surface area contributed by atoms with Gasteiger partial charge in [0.1, 0.15) is 5.56 Å². The molecule has 0 saturated carbocycles. The minimum absolute atomic E-state index is 0.558. The Morgan fingerprint density at radius 2 is 1.56 bits per heavy atom. The van der Waals surface area contributed by atoms with Crippen molar-refractivity contribution in [2.24, 2.45) is 5.73 Å². The van der Waals surface area contributed by atoms with E-state index in [1.165, 1.54) is 0 Å². The standard InChI is InChI=1S/C15H14ClN2/c16-15-7-5-14(6-8-15)11-18-10-13-3-1-12(9-17)2-4-13/h1-8H,9,11,17H2/q+1. The first-order valence-electron chi connectivity index (χ1n) is 5.74. The van der Waals surface area contributed by atoms with Crippen LogP contribution in [0.5, 0.6) is 0 Å². The molecule has 0 bridgehead atoms. The largest absolute Gasteiger partial charge is 0.326 e. The van der Waals surface area contributed by atoms with Crippen LogP contribution in [0.15, 0.2) is 48.5 Å². The highest BCUT2D eigenvalue weighted by Crippen LogP contribution is 2.10. The summed E-state index contributed by atoms with van der Waals surface area (Å²) in [4.78, 5) is 4.27. The van der Waals surface area contributed by atoms with E-state index in [0.717, 1.165) is 21.7 Å². The Balaban J connectivity index is 2.01. The van der Waals surface area contributed by atoms with Gasteiger partial charge in [-0.3, -0.25) is 0 Å². The molecule has 0 atom stereocenters. The zero-order valence-electron chi connectivity index (χ0n) is 9.94. The van der Waals surface area contributed by atoms with Gasteiger partial charge in [0.05, 0.1) is 0 Å². The molecule has 0 aromatic heterocycles. The minimum atomic E-state index is 0.558. The number of rotatable bonds is 2. The lowest BCUT2D eigenvalue weighted by Crippen LogP contribution is -1.95. The molecule has 2 N–H and O–H groups in total. The van der Waals surface area contributed by atoms with E-state index in [2.05, 4.69) is 10.9 Å². The van der Waals surface area contributed by atoms with E-state index < -0.39 is 0 Å². The van der Waals surface area contributed by atoms with Gasteiger partial charge in [-0.1, -0.05) is 28.6 Å². The number of nitrogens with two attached hydrogens (primary N) is 1. The third-order valence-corrected chi connectivity index (χ3v) is 2.82. The molecule has 0 heterocycles. The SMILES string of the molecule is NCc1ccc(C#[N+]Cc2ccc(Cl)cc2)cc1. The van der Waals surface area contributed by atoms with Crippen molar-refractivity contribution < 1.29 is 0 Å². The summed E-state index contributed by atoms with van der Waals surface area (Å²) in [6.45, 7) is 1.16. The highest BCUT2D eigenvalue weighted by molar-refractivity contribution is 6.30. The zero-order valence-corrected chi connectivity index (χ0v) is 10.7. The van der Waals surface area contributed by atoms with Crippen LogP contribution >= 0.6 is 11.6 Å². The third-order valence-electron chi connectivity index (χ3n) is 2.57. The Morgan fingerprint density at radius 3 is 2.17 bits per heavy atom. The van der Waals surface area contributed by atoms with Crippen molar-refractivity contribution in [2.75, 3.05) is 0 Å². The van der Waals surface area contributed by atoms with E-state index in [9.17, 15) is 0 Å². The second-order valence-corrected chi connectivity index (χ2v) is 4.39. The smallest absolute Gasteiger partial charge is 0.311 e. The number of hydrogen-bond acceptors (Lipinski definition) is 1. The van der Waals surface area contributed by atoms with Gasteiger partial charge >= 0.3 is 6.07 Å². The Kier molecular flexibility index (Phi) is 4.35. The molecular formula is C15H14ClN2+. The van der Waals surface area contributed by atoms with Crippen LogP contribution in [-0.2, 0) is 13.1 Å². The number of nitrogens with zero attached hydrogens (tertiary/aromatic N) is 1. The van der Waals surface area contributed by atoms with Gasteiger partial charge in [-0.05, 0) is 42.0 Å². The summed E-state index contributed by atoms with van der Waals surface area (Å²) in [5.74, 6) is 0. The molecule has 0 unspecified atom stereocenters. The summed E-state index contributed by atoms with van der Waals surface area (Å²) in [5, 5.41) is 0.740. The number of benzene rings is 2. The Bertz CT molecular complexity index is 562. The lowest BCUT2D eigenvalue weighted by molar-refractivity contribution is 1.07. The Hall–Kier alpha value is -1.82. The molecule has 2 aromatic carbocycles. The Labute approximate surface area is 112 Å². The zero-order chi connectivity index (χ0) is 12.8. The maximum absolute atomic E-state index is 5.81. The first kappa shape index (κ1) is 12.6. The lowest BCUT2D eigenvalue weighted by Gasteiger charge is -1.92. The summed E-state index contributed by atoms with van der Waals surface area (Å²) in [6.07, 6.45) is 0. The van der Waals surface area contributed by atoms with Crippen molar-refractivity contribution in [1.29, 1.82) is 0 Å². The van der Waals surface area contributed by atoms with Crippen molar-refractivity contribution >= 4 is 11.6 Å². The second kappa shape index (κ2) is 6.20. The van der Waals surface area contributed by atoms with E-state index in [4.69, 9.17) is 17.3 Å². The molecule has 0 amide bonds. The summed E-state index contributed by atoms with van der Waals surface area (Å²) in [6, 6.07) is 18.6. The van der Waals surface area contributed by atoms with Crippen LogP contribution in [0.3, 0.4) is 0 Å². The predicted molar refractivity (Wildman–Crippen MR) is 75.8 cm³/mol. The second-order valence-electron chi connectivity index (χ2n) is 3.96. The number of halogens is 1. The summed E-state index contributed by atoms with van der Waals surface area (Å²) in [7, 11) is 0. The topological polar surface area (TPSA) is 30.4 Å². The molecule has 0 spiro atoms. The molecule has 0 aliphatic carbocycles. The van der Waals surface area contributed by atoms with Crippen molar-refractivity contribution in [1.82, 2.24) is 0 Å². The summed E-state index contributed by atoms with van der Waals surface area (Å²) < 4.78 is 0. The monoisotopic (exact) mass is 257 g/mol. The quantitative estimate of drug-likeness (QED) is 0.874. The Morgan fingerprint density at radius 1 is 0.944 bits per heavy atom. The van der Waals surface area contributed by atoms with E-state index in [1.807, 2.05) is 48.5 Å². The molecule has 2 rings (SSSR count). The van der Waals surface area contributed by atoms with Gasteiger partial charge < -0.3 is 5.73 Å². The molecule has 0 saturated heterocycles. The van der Waals surface area contributed by atoms with Crippen LogP contribution in [0.1, 0.15) is 16.7 Å². The van der Waals surface area contributed by atoms with E-state index in [1.54, 1.807) is 0 Å². The normalized spacial score (nSPS) is 9.67. The first-order chi connectivity index (χ1) is 8.78. The molecule has 0 radical (unpaired) electrons. The van der Waals surface area contributed by atoms with Crippen molar-refractivity contribution in [3.63, 3.8) is 0 Å². The van der Waals surface area contributed by atoms with E-state index >= 15 is 0 Å². The molecular weight excluding hydrogens is 244 g/mol. The molecule has 3 heteroatoms. The molecule has 2 nitrogen and oxygen atoms in total. The van der Waals surface area contributed by atoms with Crippen molar-refractivity contribution in [3.05, 3.63) is 75.1 Å². The molecule has 0 aliphatic rings. The molecule has 0 aliphatic heterocycles. The molecule has 0 fully saturated rings. The average Bonchev–Trinajstić information content (AvgIpc) is 2.42. The molecule has 90 valence electrons. The van der Waals surface area contributed by atoms with Crippen LogP contribution in [-0.4, -0.2) is 0 Å². The van der Waals surface area contributed by atoms with Gasteiger partial charge in [-0.2, -0.15) is 0 Å². The number of hydrogen-bond donors (Lipinski definition) is 1. The van der Waals surface area contributed by atoms with Crippen LogP contribution in [0.2, 0.25) is 5.02 Å². The fourth-order valence-corrected chi connectivity index (χ4v) is 1.65. The van der Waals surface area contributed by atoms with E-state index in [-0.39, 0.29) is 0 Å². The third kappa shape index (κ3) is 3.59. The van der Waals surface area contributed by atoms with Gasteiger partial charge in [0, 0.05) is 17.1 Å². The fourth-order valence-electron chi connectivity index (χ4n) is 1.53. The van der Waals surface area contributed by atoms with Crippen LogP contribution in [0.25, 0.3) is 4.85 Å². The van der Waals surface area contributed by atoms with Gasteiger partial charge in [0.15, 0.2) is 0 Å². The van der Waals surface area contributed by atoms with Crippen LogP contribution in [0.4, 0.5) is 0 Å². The average molecular weight is 258 g/mol. The predicted octanol–water partition coefficient (Wildman–Crippen LogP) is 3.68. The van der Waals surface area contributed by atoms with E-state index in [0.29, 0.717) is 13.1 Å². The lowest BCUT2D eigenvalue weighted by atomic mass is 10.1. The van der Waals surface area contributed by atoms with Crippen molar-refractivity contribution in [2.45, 2.75) is 13.1 Å². The highest BCUT2D eigenvalue weighted by atomic mass is 35.5. The summed E-state index contributed by atoms with van der Waals surface area (Å²) >= 11 is 5.81. The molecule has 18 heavy (non-hydrogen) atoms. The maximum atomic E-state index is 5.81. The minimum Gasteiger partial charge on any atom is -0.326 e. The van der Waals surface area contributed by atoms with Gasteiger partial charge in [-0.25, -0.2) is 0 Å². The van der Waals surface area contributed by atoms with Gasteiger partial charge in [0.25, 0.3) is 6.54 Å². The van der Waals surface area contributed by atoms with Crippen molar-refractivity contribution in [3.8, 4) is 6.07 Å². The van der Waals surface area contributed by atoms with Crippen LogP contribution < -0.4 is 5.73 Å². The summed E-state index contributed by atoms with van der Waals surface area (Å²) in [5.41, 5.74) is 8.72.